The van der Waals surface area contributed by atoms with Gasteiger partial charge < -0.3 is 19.4 Å². The molecule has 4 heteroatoms. The van der Waals surface area contributed by atoms with Crippen LogP contribution in [0.2, 0.25) is 0 Å². The molecule has 0 aliphatic rings. The first kappa shape index (κ1) is 19.8. The van der Waals surface area contributed by atoms with Gasteiger partial charge in [-0.1, -0.05) is 32.0 Å². The van der Waals surface area contributed by atoms with Crippen molar-refractivity contribution >= 4 is 6.29 Å². The Kier molecular flexibility index (Phi) is 7.07. The van der Waals surface area contributed by atoms with Crippen molar-refractivity contribution in [3.8, 4) is 17.2 Å². The van der Waals surface area contributed by atoms with Crippen molar-refractivity contribution < 1.29 is 19.4 Å². The summed E-state index contributed by atoms with van der Waals surface area (Å²) in [6.45, 7) is 4.31. The molecule has 0 radical (unpaired) electrons. The number of aldehydes is 1. The average Bonchev–Trinajstić information content (AvgIpc) is 2.65. The Morgan fingerprint density at radius 1 is 1.04 bits per heavy atom. The molecule has 0 saturated heterocycles. The molecule has 0 fully saturated rings. The maximum atomic E-state index is 11.3. The van der Waals surface area contributed by atoms with E-state index < -0.39 is 0 Å². The van der Waals surface area contributed by atoms with Crippen LogP contribution in [-0.4, -0.2) is 25.6 Å². The molecule has 1 unspecified atom stereocenters. The molecule has 140 valence electrons. The molecular weight excluding hydrogens is 328 g/mol. The van der Waals surface area contributed by atoms with Gasteiger partial charge in [0, 0.05) is 23.5 Å². The minimum Gasteiger partial charge on any atom is -0.507 e. The Bertz CT molecular complexity index is 720. The van der Waals surface area contributed by atoms with Gasteiger partial charge in [0.05, 0.1) is 14.2 Å². The second-order valence-corrected chi connectivity index (χ2v) is 6.84. The number of benzene rings is 2. The number of rotatable bonds is 9. The number of methoxy groups -OCH3 is 2. The summed E-state index contributed by atoms with van der Waals surface area (Å²) in [5.74, 6) is 1.99. The smallest absolute Gasteiger partial charge is 0.126 e. The minimum absolute atomic E-state index is 0.206. The lowest BCUT2D eigenvalue weighted by molar-refractivity contribution is -0.108. The average molecular weight is 356 g/mol. The molecule has 0 aromatic heterocycles. The SMILES string of the molecule is COc1ccc(C(CC=O)c2ccc(OC)c(CCC(C)C)c2O)cc1. The molecule has 0 bridgehead atoms. The summed E-state index contributed by atoms with van der Waals surface area (Å²) in [5.41, 5.74) is 2.53. The third kappa shape index (κ3) is 4.57. The van der Waals surface area contributed by atoms with Crippen LogP contribution < -0.4 is 9.47 Å². The number of phenols is 1. The van der Waals surface area contributed by atoms with Crippen molar-refractivity contribution in [1.29, 1.82) is 0 Å². The summed E-state index contributed by atoms with van der Waals surface area (Å²) >= 11 is 0. The fourth-order valence-electron chi connectivity index (χ4n) is 3.16. The van der Waals surface area contributed by atoms with Gasteiger partial charge in [-0.2, -0.15) is 0 Å². The van der Waals surface area contributed by atoms with Crippen molar-refractivity contribution in [2.24, 2.45) is 5.92 Å². The van der Waals surface area contributed by atoms with E-state index in [2.05, 4.69) is 13.8 Å². The van der Waals surface area contributed by atoms with Gasteiger partial charge in [-0.25, -0.2) is 0 Å². The summed E-state index contributed by atoms with van der Waals surface area (Å²) in [4.78, 5) is 11.3. The Hall–Kier alpha value is -2.49. The van der Waals surface area contributed by atoms with Crippen molar-refractivity contribution in [2.45, 2.75) is 39.0 Å². The first-order valence-electron chi connectivity index (χ1n) is 8.98. The van der Waals surface area contributed by atoms with Crippen LogP contribution in [0.15, 0.2) is 36.4 Å². The van der Waals surface area contributed by atoms with Crippen molar-refractivity contribution in [3.63, 3.8) is 0 Å². The number of ether oxygens (including phenoxy) is 2. The number of hydrogen-bond acceptors (Lipinski definition) is 4. The summed E-state index contributed by atoms with van der Waals surface area (Å²) in [6.07, 6.45) is 2.88. The molecule has 4 nitrogen and oxygen atoms in total. The van der Waals surface area contributed by atoms with E-state index >= 15 is 0 Å². The highest BCUT2D eigenvalue weighted by Crippen LogP contribution is 2.40. The van der Waals surface area contributed by atoms with Crippen LogP contribution in [0.5, 0.6) is 17.2 Å². The molecule has 0 aliphatic heterocycles. The summed E-state index contributed by atoms with van der Waals surface area (Å²) in [7, 11) is 3.23. The molecule has 1 N–H and O–H groups in total. The maximum absolute atomic E-state index is 11.3. The number of aromatic hydroxyl groups is 1. The summed E-state index contributed by atoms with van der Waals surface area (Å²) < 4.78 is 10.6. The van der Waals surface area contributed by atoms with Crippen LogP contribution in [0.3, 0.4) is 0 Å². The van der Waals surface area contributed by atoms with Gasteiger partial charge in [0.1, 0.15) is 23.5 Å². The zero-order valence-corrected chi connectivity index (χ0v) is 16.0. The third-order valence-electron chi connectivity index (χ3n) is 4.69. The fourth-order valence-corrected chi connectivity index (χ4v) is 3.16. The van der Waals surface area contributed by atoms with E-state index in [0.29, 0.717) is 18.1 Å². The van der Waals surface area contributed by atoms with Gasteiger partial charge in [-0.3, -0.25) is 0 Å². The molecule has 1 atom stereocenters. The zero-order valence-electron chi connectivity index (χ0n) is 16.0. The van der Waals surface area contributed by atoms with E-state index in [4.69, 9.17) is 9.47 Å². The normalized spacial score (nSPS) is 12.0. The fraction of sp³-hybridized carbons (Fsp3) is 0.409. The lowest BCUT2D eigenvalue weighted by Crippen LogP contribution is -2.05. The van der Waals surface area contributed by atoms with Gasteiger partial charge >= 0.3 is 0 Å². The summed E-state index contributed by atoms with van der Waals surface area (Å²) in [5, 5.41) is 11.0. The first-order chi connectivity index (χ1) is 12.5. The Morgan fingerprint density at radius 3 is 2.27 bits per heavy atom. The molecule has 2 rings (SSSR count). The maximum Gasteiger partial charge on any atom is 0.126 e. The number of phenolic OH excluding ortho intramolecular Hbond substituents is 1. The minimum atomic E-state index is -0.206. The highest BCUT2D eigenvalue weighted by atomic mass is 16.5. The van der Waals surface area contributed by atoms with E-state index in [9.17, 15) is 9.90 Å². The molecule has 26 heavy (non-hydrogen) atoms. The van der Waals surface area contributed by atoms with Crippen molar-refractivity contribution in [1.82, 2.24) is 0 Å². The molecule has 0 amide bonds. The number of hydrogen-bond donors (Lipinski definition) is 1. The lowest BCUT2D eigenvalue weighted by atomic mass is 9.86. The van der Waals surface area contributed by atoms with Crippen LogP contribution >= 0.6 is 0 Å². The Morgan fingerprint density at radius 2 is 1.73 bits per heavy atom. The van der Waals surface area contributed by atoms with Gasteiger partial charge in [0.25, 0.3) is 0 Å². The monoisotopic (exact) mass is 356 g/mol. The Balaban J connectivity index is 2.46. The molecule has 0 spiro atoms. The lowest BCUT2D eigenvalue weighted by Gasteiger charge is -2.21. The topological polar surface area (TPSA) is 55.8 Å². The van der Waals surface area contributed by atoms with Crippen LogP contribution in [0.4, 0.5) is 0 Å². The van der Waals surface area contributed by atoms with E-state index in [-0.39, 0.29) is 11.7 Å². The van der Waals surface area contributed by atoms with E-state index in [1.54, 1.807) is 14.2 Å². The predicted octanol–water partition coefficient (Wildman–Crippen LogP) is 4.72. The van der Waals surface area contributed by atoms with Gasteiger partial charge in [-0.15, -0.1) is 0 Å². The quantitative estimate of drug-likeness (QED) is 0.661. The molecule has 0 saturated carbocycles. The third-order valence-corrected chi connectivity index (χ3v) is 4.69. The van der Waals surface area contributed by atoms with Crippen molar-refractivity contribution in [3.05, 3.63) is 53.1 Å². The van der Waals surface area contributed by atoms with E-state index in [1.165, 1.54) is 0 Å². The molecule has 0 heterocycles. The van der Waals surface area contributed by atoms with Crippen LogP contribution in [0.1, 0.15) is 49.3 Å². The van der Waals surface area contributed by atoms with Gasteiger partial charge in [-0.05, 0) is 42.5 Å². The highest BCUT2D eigenvalue weighted by Gasteiger charge is 2.22. The molecule has 0 aliphatic carbocycles. The zero-order chi connectivity index (χ0) is 19.1. The Labute approximate surface area is 155 Å². The van der Waals surface area contributed by atoms with E-state index in [0.717, 1.165) is 41.6 Å². The van der Waals surface area contributed by atoms with Crippen LogP contribution in [-0.2, 0) is 11.2 Å². The first-order valence-corrected chi connectivity index (χ1v) is 8.98. The van der Waals surface area contributed by atoms with Crippen LogP contribution in [0, 0.1) is 5.92 Å². The number of carbonyl (C=O) groups excluding carboxylic acids is 1. The predicted molar refractivity (Wildman–Crippen MR) is 103 cm³/mol. The second kappa shape index (κ2) is 9.27. The standard InChI is InChI=1S/C22H28O4/c1-15(2)5-10-20-21(26-4)12-11-19(22(20)24)18(13-14-23)16-6-8-17(25-3)9-7-16/h6-9,11-12,14-15,18,24H,5,10,13H2,1-4H3. The van der Waals surface area contributed by atoms with Crippen LogP contribution in [0.25, 0.3) is 0 Å². The van der Waals surface area contributed by atoms with E-state index in [1.807, 2.05) is 36.4 Å². The summed E-state index contributed by atoms with van der Waals surface area (Å²) in [6, 6.07) is 11.3. The molecular formula is C22H28O4. The van der Waals surface area contributed by atoms with Gasteiger partial charge in [0.15, 0.2) is 0 Å². The second-order valence-electron chi connectivity index (χ2n) is 6.84. The molecule has 2 aromatic carbocycles. The molecule has 2 aromatic rings. The van der Waals surface area contributed by atoms with Crippen molar-refractivity contribution in [2.75, 3.05) is 14.2 Å². The van der Waals surface area contributed by atoms with Gasteiger partial charge in [0.2, 0.25) is 0 Å². The highest BCUT2D eigenvalue weighted by molar-refractivity contribution is 5.59. The largest absolute Gasteiger partial charge is 0.507 e. The number of carbonyl (C=O) groups is 1.